The molecule has 1 saturated heterocycles. The number of hydrogen-bond acceptors (Lipinski definition) is 7. The van der Waals surface area contributed by atoms with Gasteiger partial charge in [-0.2, -0.15) is 0 Å². The van der Waals surface area contributed by atoms with Crippen LogP contribution in [0.15, 0.2) is 42.2 Å². The summed E-state index contributed by atoms with van der Waals surface area (Å²) < 4.78 is 0. The lowest BCUT2D eigenvalue weighted by Crippen LogP contribution is -2.44. The maximum absolute atomic E-state index is 13.6. The first-order valence-electron chi connectivity index (χ1n) is 14.4. The van der Waals surface area contributed by atoms with Gasteiger partial charge in [0, 0.05) is 68.1 Å². The second-order valence-electron chi connectivity index (χ2n) is 11.5. The molecule has 2 aliphatic heterocycles. The summed E-state index contributed by atoms with van der Waals surface area (Å²) in [6.07, 6.45) is 9.63. The first kappa shape index (κ1) is 27.8. The molecular formula is C31H41N7O2. The van der Waals surface area contributed by atoms with Crippen molar-refractivity contribution >= 4 is 29.5 Å². The number of piperazine rings is 1. The molecule has 1 aromatic carbocycles. The van der Waals surface area contributed by atoms with Gasteiger partial charge in [0.15, 0.2) is 0 Å². The Balaban J connectivity index is 1.46. The fraction of sp³-hybridized carbons (Fsp3) is 0.484. The molecule has 9 nitrogen and oxygen atoms in total. The fourth-order valence-corrected chi connectivity index (χ4v) is 6.03. The van der Waals surface area contributed by atoms with Gasteiger partial charge in [0.1, 0.15) is 5.82 Å². The lowest BCUT2D eigenvalue weighted by molar-refractivity contribution is -0.125. The number of amides is 2. The van der Waals surface area contributed by atoms with Gasteiger partial charge in [0.05, 0.1) is 11.5 Å². The average Bonchev–Trinajstić information content (AvgIpc) is 3.45. The highest BCUT2D eigenvalue weighted by Gasteiger charge is 2.29. The van der Waals surface area contributed by atoms with Crippen LogP contribution in [0.2, 0.25) is 0 Å². The monoisotopic (exact) mass is 543 g/mol. The van der Waals surface area contributed by atoms with Crippen molar-refractivity contribution in [3.63, 3.8) is 0 Å². The van der Waals surface area contributed by atoms with E-state index in [1.54, 1.807) is 0 Å². The number of nitrogens with one attached hydrogen (secondary N) is 4. The Hall–Kier alpha value is -3.72. The van der Waals surface area contributed by atoms with Crippen LogP contribution in [-0.2, 0) is 4.79 Å². The number of rotatable bonds is 8. The first-order valence-corrected chi connectivity index (χ1v) is 14.4. The average molecular weight is 544 g/mol. The van der Waals surface area contributed by atoms with Crippen molar-refractivity contribution in [3.8, 4) is 11.1 Å². The van der Waals surface area contributed by atoms with Gasteiger partial charge in [-0.15, -0.1) is 0 Å². The van der Waals surface area contributed by atoms with Crippen molar-refractivity contribution in [3.05, 3.63) is 53.4 Å². The zero-order chi connectivity index (χ0) is 28.2. The molecular weight excluding hydrogens is 502 g/mol. The molecule has 2 unspecified atom stereocenters. The van der Waals surface area contributed by atoms with E-state index in [1.807, 2.05) is 38.3 Å². The van der Waals surface area contributed by atoms with Gasteiger partial charge in [-0.3, -0.25) is 9.59 Å². The van der Waals surface area contributed by atoms with E-state index < -0.39 is 0 Å². The summed E-state index contributed by atoms with van der Waals surface area (Å²) in [7, 11) is 2.14. The van der Waals surface area contributed by atoms with Gasteiger partial charge < -0.3 is 31.2 Å². The minimum Gasteiger partial charge on any atom is -0.382 e. The highest BCUT2D eigenvalue weighted by molar-refractivity contribution is 6.06. The molecule has 5 rings (SSSR count). The number of carbonyl (C=O) groups excluding carboxylic acids is 2. The maximum Gasteiger partial charge on any atom is 0.252 e. The molecule has 2 aromatic rings. The van der Waals surface area contributed by atoms with E-state index >= 15 is 0 Å². The Labute approximate surface area is 236 Å². The molecule has 3 aliphatic rings. The summed E-state index contributed by atoms with van der Waals surface area (Å²) in [6.45, 7) is 7.92. The van der Waals surface area contributed by atoms with E-state index in [0.29, 0.717) is 17.2 Å². The number of pyridine rings is 1. The van der Waals surface area contributed by atoms with E-state index in [1.165, 1.54) is 19.1 Å². The first-order chi connectivity index (χ1) is 19.3. The van der Waals surface area contributed by atoms with E-state index in [9.17, 15) is 9.59 Å². The number of hydrogen-bond donors (Lipinski definition) is 4. The van der Waals surface area contributed by atoms with Gasteiger partial charge in [-0.05, 0) is 68.1 Å². The Kier molecular flexibility index (Phi) is 8.49. The number of aromatic nitrogens is 1. The lowest BCUT2D eigenvalue weighted by atomic mass is 9.89. The molecule has 0 radical (unpaired) electrons. The lowest BCUT2D eigenvalue weighted by Gasteiger charge is -2.33. The number of likely N-dealkylation sites (N-methyl/N-ethyl adjacent to an activating group) is 1. The van der Waals surface area contributed by atoms with Crippen LogP contribution in [0.5, 0.6) is 0 Å². The van der Waals surface area contributed by atoms with Crippen LogP contribution in [-0.4, -0.2) is 73.7 Å². The van der Waals surface area contributed by atoms with E-state index in [4.69, 9.17) is 5.41 Å². The second kappa shape index (κ2) is 12.2. The Morgan fingerprint density at radius 2 is 1.90 bits per heavy atom. The largest absolute Gasteiger partial charge is 0.382 e. The standard InChI is InChI=1S/C31H41N7O2/c1-20-14-21(2)35-31(40)27(20)19-34-30(39)25-15-23(16-28(26(25)18-32)36-24-6-4-5-7-24)22-8-9-33-29(17-22)38-12-10-37(3)11-13-38/h8-9,14-18,20,24,27,32,36H,4-7,10-13,19H2,1-3H3,(H,34,39)(H,35,40). The molecule has 1 saturated carbocycles. The second-order valence-corrected chi connectivity index (χ2v) is 11.5. The summed E-state index contributed by atoms with van der Waals surface area (Å²) in [6, 6.07) is 8.32. The highest BCUT2D eigenvalue weighted by atomic mass is 16.2. The van der Waals surface area contributed by atoms with Gasteiger partial charge >= 0.3 is 0 Å². The molecule has 1 aliphatic carbocycles. The Morgan fingerprint density at radius 3 is 2.60 bits per heavy atom. The predicted molar refractivity (Wildman–Crippen MR) is 160 cm³/mol. The third-order valence-corrected chi connectivity index (χ3v) is 8.48. The molecule has 0 bridgehead atoms. The van der Waals surface area contributed by atoms with E-state index in [0.717, 1.165) is 67.3 Å². The normalized spacial score (nSPS) is 22.0. The Bertz CT molecular complexity index is 1290. The van der Waals surface area contributed by atoms with Crippen molar-refractivity contribution in [2.45, 2.75) is 45.6 Å². The summed E-state index contributed by atoms with van der Waals surface area (Å²) in [5, 5.41) is 17.7. The van der Waals surface area contributed by atoms with Gasteiger partial charge in [-0.25, -0.2) is 4.98 Å². The highest BCUT2D eigenvalue weighted by Crippen LogP contribution is 2.32. The van der Waals surface area contributed by atoms with E-state index in [2.05, 4.69) is 49.9 Å². The molecule has 3 heterocycles. The summed E-state index contributed by atoms with van der Waals surface area (Å²) in [5.41, 5.74) is 4.51. The molecule has 2 fully saturated rings. The maximum atomic E-state index is 13.6. The summed E-state index contributed by atoms with van der Waals surface area (Å²) in [4.78, 5) is 35.5. The number of nitrogens with zero attached hydrogens (tertiary/aromatic N) is 3. The van der Waals surface area contributed by atoms with Crippen LogP contribution in [0.25, 0.3) is 11.1 Å². The smallest absolute Gasteiger partial charge is 0.252 e. The molecule has 9 heteroatoms. The minimum atomic E-state index is -0.346. The molecule has 1 aromatic heterocycles. The fourth-order valence-electron chi connectivity index (χ4n) is 6.03. The van der Waals surface area contributed by atoms with Gasteiger partial charge in [0.2, 0.25) is 5.91 Å². The van der Waals surface area contributed by atoms with Gasteiger partial charge in [-0.1, -0.05) is 25.8 Å². The third-order valence-electron chi connectivity index (χ3n) is 8.48. The molecule has 40 heavy (non-hydrogen) atoms. The predicted octanol–water partition coefficient (Wildman–Crippen LogP) is 3.87. The third kappa shape index (κ3) is 6.20. The number of anilines is 2. The van der Waals surface area contributed by atoms with Gasteiger partial charge in [0.25, 0.3) is 5.91 Å². The van der Waals surface area contributed by atoms with Crippen molar-refractivity contribution in [1.29, 1.82) is 5.41 Å². The molecule has 0 spiro atoms. The van der Waals surface area contributed by atoms with Crippen molar-refractivity contribution < 1.29 is 9.59 Å². The topological polar surface area (TPSA) is 113 Å². The molecule has 2 amide bonds. The molecule has 4 N–H and O–H groups in total. The zero-order valence-electron chi connectivity index (χ0n) is 23.8. The van der Waals surface area contributed by atoms with Crippen molar-refractivity contribution in [2.75, 3.05) is 50.0 Å². The number of carbonyl (C=O) groups is 2. The van der Waals surface area contributed by atoms with Crippen LogP contribution in [0.1, 0.15) is 55.5 Å². The van der Waals surface area contributed by atoms with Crippen LogP contribution in [0.4, 0.5) is 11.5 Å². The molecule has 212 valence electrons. The quantitative estimate of drug-likeness (QED) is 0.376. The van der Waals surface area contributed by atoms with Crippen LogP contribution >= 0.6 is 0 Å². The zero-order valence-corrected chi connectivity index (χ0v) is 23.8. The van der Waals surface area contributed by atoms with Crippen LogP contribution in [0.3, 0.4) is 0 Å². The summed E-state index contributed by atoms with van der Waals surface area (Å²) in [5.74, 6) is 0.243. The SMILES string of the molecule is CC1=CC(C)C(CNC(=O)c2cc(-c3ccnc(N4CCN(C)CC4)c3)cc(NC3CCCC3)c2C=N)C(=O)N1. The van der Waals surface area contributed by atoms with Crippen molar-refractivity contribution in [1.82, 2.24) is 20.5 Å². The number of benzene rings is 1. The van der Waals surface area contributed by atoms with E-state index in [-0.39, 0.29) is 30.2 Å². The number of allylic oxidation sites excluding steroid dienone is 2. The Morgan fingerprint density at radius 1 is 1.15 bits per heavy atom. The van der Waals surface area contributed by atoms with Crippen LogP contribution in [0, 0.1) is 17.2 Å². The van der Waals surface area contributed by atoms with Crippen molar-refractivity contribution in [2.24, 2.45) is 11.8 Å². The summed E-state index contributed by atoms with van der Waals surface area (Å²) >= 11 is 0. The molecule has 2 atom stereocenters. The minimum absolute atomic E-state index is 0.0204. The van der Waals surface area contributed by atoms with Crippen LogP contribution < -0.4 is 20.9 Å².